The Kier molecular flexibility index (Phi) is 6.48. The van der Waals surface area contributed by atoms with Crippen molar-refractivity contribution in [1.29, 1.82) is 0 Å². The van der Waals surface area contributed by atoms with Crippen LogP contribution in [0.3, 0.4) is 0 Å². The van der Waals surface area contributed by atoms with Crippen LogP contribution < -0.4 is 10.1 Å². The maximum atomic E-state index is 12.8. The molecule has 0 radical (unpaired) electrons. The number of benzene rings is 2. The van der Waals surface area contributed by atoms with Crippen molar-refractivity contribution in [3.05, 3.63) is 92.9 Å². The largest absolute Gasteiger partial charge is 0.489 e. The number of nitrogens with one attached hydrogen (secondary N) is 1. The Morgan fingerprint density at radius 3 is 2.69 bits per heavy atom. The summed E-state index contributed by atoms with van der Waals surface area (Å²) in [5.74, 6) is 1.18. The maximum Gasteiger partial charge on any atom is 0.257 e. The molecule has 2 heterocycles. The smallest absolute Gasteiger partial charge is 0.257 e. The second-order valence-corrected chi connectivity index (χ2v) is 8.00. The van der Waals surface area contributed by atoms with Crippen molar-refractivity contribution in [2.75, 3.05) is 5.32 Å². The standard InChI is InChI=1S/C23H20Cl2N4O3/c1-14-19(15(2)32-28-14)13-31-18-8-5-7-16(10-18)23(30)26-22-21(25)12-29(27-22)11-17-6-3-4-9-20(17)24/h3-10,12H,11,13H2,1-2H3,(H,26,27,30). The van der Waals surface area contributed by atoms with Crippen LogP contribution in [-0.2, 0) is 13.2 Å². The summed E-state index contributed by atoms with van der Waals surface area (Å²) in [5.41, 5.74) is 2.97. The lowest BCUT2D eigenvalue weighted by atomic mass is 10.2. The Balaban J connectivity index is 1.43. The highest BCUT2D eigenvalue weighted by Crippen LogP contribution is 2.24. The van der Waals surface area contributed by atoms with Crippen molar-refractivity contribution in [2.24, 2.45) is 0 Å². The van der Waals surface area contributed by atoms with E-state index >= 15 is 0 Å². The van der Waals surface area contributed by atoms with E-state index in [0.29, 0.717) is 40.3 Å². The van der Waals surface area contributed by atoms with E-state index in [0.717, 1.165) is 16.8 Å². The van der Waals surface area contributed by atoms with Crippen molar-refractivity contribution < 1.29 is 14.1 Å². The highest BCUT2D eigenvalue weighted by molar-refractivity contribution is 6.33. The molecule has 1 N–H and O–H groups in total. The first-order valence-corrected chi connectivity index (χ1v) is 10.6. The van der Waals surface area contributed by atoms with Crippen LogP contribution in [0.1, 0.15) is 32.9 Å². The first kappa shape index (κ1) is 21.9. The minimum Gasteiger partial charge on any atom is -0.489 e. The number of aromatic nitrogens is 3. The molecule has 1 amide bonds. The number of rotatable bonds is 7. The van der Waals surface area contributed by atoms with Gasteiger partial charge in [0.25, 0.3) is 5.91 Å². The summed E-state index contributed by atoms with van der Waals surface area (Å²) in [5, 5.41) is 12.0. The van der Waals surface area contributed by atoms with E-state index < -0.39 is 0 Å². The second kappa shape index (κ2) is 9.46. The van der Waals surface area contributed by atoms with Gasteiger partial charge >= 0.3 is 0 Å². The van der Waals surface area contributed by atoms with Crippen LogP contribution in [0.4, 0.5) is 5.82 Å². The average molecular weight is 471 g/mol. The monoisotopic (exact) mass is 470 g/mol. The summed E-state index contributed by atoms with van der Waals surface area (Å²) >= 11 is 12.5. The molecule has 0 aliphatic carbocycles. The van der Waals surface area contributed by atoms with E-state index in [-0.39, 0.29) is 11.7 Å². The summed E-state index contributed by atoms with van der Waals surface area (Å²) in [6.07, 6.45) is 1.64. The van der Waals surface area contributed by atoms with Gasteiger partial charge in [-0.15, -0.1) is 0 Å². The van der Waals surface area contributed by atoms with Gasteiger partial charge in [-0.25, -0.2) is 0 Å². The molecule has 0 aliphatic rings. The van der Waals surface area contributed by atoms with Gasteiger partial charge in [-0.05, 0) is 43.7 Å². The summed E-state index contributed by atoms with van der Waals surface area (Å²) in [6.45, 7) is 4.41. The number of nitrogens with zero attached hydrogens (tertiary/aromatic N) is 3. The fourth-order valence-corrected chi connectivity index (χ4v) is 3.53. The van der Waals surface area contributed by atoms with Gasteiger partial charge in [-0.1, -0.05) is 52.6 Å². The van der Waals surface area contributed by atoms with Crippen LogP contribution in [0, 0.1) is 13.8 Å². The minimum absolute atomic E-state index is 0.269. The van der Waals surface area contributed by atoms with E-state index in [2.05, 4.69) is 15.6 Å². The summed E-state index contributed by atoms with van der Waals surface area (Å²) < 4.78 is 12.6. The lowest BCUT2D eigenvalue weighted by molar-refractivity contribution is 0.102. The van der Waals surface area contributed by atoms with Crippen molar-refractivity contribution in [3.8, 4) is 5.75 Å². The number of carbonyl (C=O) groups is 1. The first-order chi connectivity index (χ1) is 15.4. The van der Waals surface area contributed by atoms with E-state index in [1.165, 1.54) is 0 Å². The average Bonchev–Trinajstić information content (AvgIpc) is 3.29. The number of carbonyl (C=O) groups excluding carboxylic acids is 1. The molecule has 7 nitrogen and oxygen atoms in total. The predicted molar refractivity (Wildman–Crippen MR) is 122 cm³/mol. The SMILES string of the molecule is Cc1noc(C)c1COc1cccc(C(=O)Nc2nn(Cc3ccccc3Cl)cc2Cl)c1. The lowest BCUT2D eigenvalue weighted by Gasteiger charge is -2.08. The first-order valence-electron chi connectivity index (χ1n) is 9.83. The van der Waals surface area contributed by atoms with Gasteiger partial charge in [0.1, 0.15) is 23.1 Å². The van der Waals surface area contributed by atoms with Gasteiger partial charge in [-0.2, -0.15) is 5.10 Å². The highest BCUT2D eigenvalue weighted by Gasteiger charge is 2.15. The van der Waals surface area contributed by atoms with Crippen LogP contribution in [-0.4, -0.2) is 20.8 Å². The Morgan fingerprint density at radius 1 is 1.12 bits per heavy atom. The van der Waals surface area contributed by atoms with Gasteiger partial charge in [0, 0.05) is 16.8 Å². The maximum absolute atomic E-state index is 12.8. The Bertz CT molecular complexity index is 1250. The summed E-state index contributed by atoms with van der Waals surface area (Å²) in [4.78, 5) is 12.8. The molecule has 0 bridgehead atoms. The Morgan fingerprint density at radius 2 is 1.94 bits per heavy atom. The van der Waals surface area contributed by atoms with Gasteiger partial charge in [-0.3, -0.25) is 9.48 Å². The van der Waals surface area contributed by atoms with Gasteiger partial charge < -0.3 is 14.6 Å². The molecule has 0 fully saturated rings. The molecular weight excluding hydrogens is 451 g/mol. The Hall–Kier alpha value is -3.29. The summed E-state index contributed by atoms with van der Waals surface area (Å²) in [6, 6.07) is 14.3. The van der Waals surface area contributed by atoms with Crippen molar-refractivity contribution >= 4 is 34.9 Å². The molecular formula is C23H20Cl2N4O3. The van der Waals surface area contributed by atoms with Gasteiger partial charge in [0.15, 0.2) is 5.82 Å². The Labute approximate surface area is 194 Å². The molecule has 0 atom stereocenters. The number of hydrogen-bond acceptors (Lipinski definition) is 5. The van der Waals surface area contributed by atoms with E-state index in [9.17, 15) is 4.79 Å². The minimum atomic E-state index is -0.349. The molecule has 0 unspecified atom stereocenters. The van der Waals surface area contributed by atoms with Gasteiger partial charge in [0.05, 0.1) is 17.8 Å². The zero-order chi connectivity index (χ0) is 22.7. The molecule has 0 aliphatic heterocycles. The second-order valence-electron chi connectivity index (χ2n) is 7.19. The van der Waals surface area contributed by atoms with Crippen LogP contribution in [0.15, 0.2) is 59.3 Å². The number of hydrogen-bond donors (Lipinski definition) is 1. The zero-order valence-corrected chi connectivity index (χ0v) is 18.9. The number of halogens is 2. The molecule has 4 aromatic rings. The predicted octanol–water partition coefficient (Wildman–Crippen LogP) is 5.67. The third-order valence-corrected chi connectivity index (χ3v) is 5.55. The fraction of sp³-hybridized carbons (Fsp3) is 0.174. The molecule has 2 aromatic heterocycles. The normalized spacial score (nSPS) is 10.9. The third kappa shape index (κ3) is 4.95. The molecule has 32 heavy (non-hydrogen) atoms. The highest BCUT2D eigenvalue weighted by atomic mass is 35.5. The van der Waals surface area contributed by atoms with E-state index in [1.807, 2.05) is 38.1 Å². The van der Waals surface area contributed by atoms with Crippen LogP contribution >= 0.6 is 23.2 Å². The number of aryl methyl sites for hydroxylation is 2. The fourth-order valence-electron chi connectivity index (χ4n) is 3.13. The quantitative estimate of drug-likeness (QED) is 0.375. The molecule has 0 spiro atoms. The zero-order valence-electron chi connectivity index (χ0n) is 17.4. The van der Waals surface area contributed by atoms with Crippen molar-refractivity contribution in [3.63, 3.8) is 0 Å². The topological polar surface area (TPSA) is 82.2 Å². The number of amides is 1. The van der Waals surface area contributed by atoms with Crippen LogP contribution in [0.25, 0.3) is 0 Å². The van der Waals surface area contributed by atoms with Gasteiger partial charge in [0.2, 0.25) is 0 Å². The number of ether oxygens (including phenoxy) is 1. The molecule has 9 heteroatoms. The van der Waals surface area contributed by atoms with Crippen molar-refractivity contribution in [1.82, 2.24) is 14.9 Å². The lowest BCUT2D eigenvalue weighted by Crippen LogP contribution is -2.13. The summed E-state index contributed by atoms with van der Waals surface area (Å²) in [7, 11) is 0. The molecule has 164 valence electrons. The molecule has 0 saturated carbocycles. The van der Waals surface area contributed by atoms with Crippen LogP contribution in [0.2, 0.25) is 10.0 Å². The number of anilines is 1. The van der Waals surface area contributed by atoms with Crippen molar-refractivity contribution in [2.45, 2.75) is 27.0 Å². The molecule has 4 rings (SSSR count). The third-order valence-electron chi connectivity index (χ3n) is 4.90. The molecule has 0 saturated heterocycles. The van der Waals surface area contributed by atoms with E-state index in [1.54, 1.807) is 35.1 Å². The van der Waals surface area contributed by atoms with Crippen LogP contribution in [0.5, 0.6) is 5.75 Å². The molecule has 2 aromatic carbocycles. The van der Waals surface area contributed by atoms with E-state index in [4.69, 9.17) is 32.5 Å².